The van der Waals surface area contributed by atoms with Gasteiger partial charge < -0.3 is 10.7 Å². The Kier molecular flexibility index (Phi) is 6.72. The fraction of sp³-hybridized carbons (Fsp3) is 0.667. The number of nitrogen functional groups attached to an aromatic ring is 1. The molecule has 1 aromatic heterocycles. The highest BCUT2D eigenvalue weighted by Gasteiger charge is 2.09. The van der Waals surface area contributed by atoms with E-state index >= 15 is 0 Å². The zero-order valence-corrected chi connectivity index (χ0v) is 12.6. The Balaban J connectivity index is 2.79. The second-order valence-corrected chi connectivity index (χ2v) is 6.08. The molecule has 0 amide bonds. The summed E-state index contributed by atoms with van der Waals surface area (Å²) in [7, 11) is -0.769. The van der Waals surface area contributed by atoms with Crippen molar-refractivity contribution >= 4 is 22.4 Å². The zero-order chi connectivity index (χ0) is 14.3. The monoisotopic (exact) mass is 285 g/mol. The molecular weight excluding hydrogens is 262 g/mol. The lowest BCUT2D eigenvalue weighted by Gasteiger charge is -2.13. The number of nitrogens with two attached hydrogens (primary N) is 1. The molecule has 6 nitrogen and oxygen atoms in total. The number of hydrogen-bond donors (Lipinski definition) is 3. The largest absolute Gasteiger partial charge is 0.369 e. The number of anilines is 2. The minimum Gasteiger partial charge on any atom is -0.369 e. The molecular formula is C12H23N5OS. The van der Waals surface area contributed by atoms with Gasteiger partial charge in [-0.1, -0.05) is 13.8 Å². The number of aryl methyl sites for hydroxylation is 1. The van der Waals surface area contributed by atoms with E-state index in [4.69, 9.17) is 5.84 Å². The van der Waals surface area contributed by atoms with E-state index in [9.17, 15) is 4.21 Å². The fourth-order valence-electron chi connectivity index (χ4n) is 1.64. The standard InChI is InChI=1S/C12H23N5OS/c1-4-6-10-15-11(9(3)12(16-10)17-13)14-7-8-19(18)5-2/h4-8,13H2,1-3H3,(H2,14,15,16,17). The summed E-state index contributed by atoms with van der Waals surface area (Å²) in [5.74, 6) is 8.93. The molecule has 1 aromatic rings. The smallest absolute Gasteiger partial charge is 0.148 e. The summed E-state index contributed by atoms with van der Waals surface area (Å²) in [5.41, 5.74) is 3.47. The van der Waals surface area contributed by atoms with Crippen LogP contribution in [0.25, 0.3) is 0 Å². The molecule has 0 aliphatic heterocycles. The third kappa shape index (κ3) is 4.76. The molecule has 4 N–H and O–H groups in total. The van der Waals surface area contributed by atoms with Gasteiger partial charge in [0, 0.05) is 40.8 Å². The van der Waals surface area contributed by atoms with E-state index in [1.807, 2.05) is 13.8 Å². The van der Waals surface area contributed by atoms with Gasteiger partial charge >= 0.3 is 0 Å². The van der Waals surface area contributed by atoms with Gasteiger partial charge in [-0.25, -0.2) is 15.8 Å². The maximum absolute atomic E-state index is 11.4. The van der Waals surface area contributed by atoms with Crippen molar-refractivity contribution in [1.29, 1.82) is 0 Å². The zero-order valence-electron chi connectivity index (χ0n) is 11.8. The molecule has 0 bridgehead atoms. The van der Waals surface area contributed by atoms with Gasteiger partial charge in [-0.15, -0.1) is 0 Å². The molecule has 0 fully saturated rings. The number of nitrogens with zero attached hydrogens (tertiary/aromatic N) is 2. The topological polar surface area (TPSA) is 92.9 Å². The first-order valence-electron chi connectivity index (χ1n) is 6.55. The van der Waals surface area contributed by atoms with E-state index in [1.54, 1.807) is 0 Å². The van der Waals surface area contributed by atoms with E-state index in [2.05, 4.69) is 27.6 Å². The Morgan fingerprint density at radius 3 is 2.53 bits per heavy atom. The quantitative estimate of drug-likeness (QED) is 0.491. The van der Waals surface area contributed by atoms with Crippen LogP contribution in [0.2, 0.25) is 0 Å². The molecule has 0 spiro atoms. The van der Waals surface area contributed by atoms with Crippen molar-refractivity contribution in [3.63, 3.8) is 0 Å². The molecule has 1 heterocycles. The summed E-state index contributed by atoms with van der Waals surface area (Å²) >= 11 is 0. The number of hydrazine groups is 1. The fourth-order valence-corrected chi connectivity index (χ4v) is 2.26. The first-order chi connectivity index (χ1) is 9.12. The second kappa shape index (κ2) is 8.06. The molecule has 0 aliphatic rings. The van der Waals surface area contributed by atoms with Crippen molar-refractivity contribution in [2.75, 3.05) is 28.8 Å². The molecule has 0 saturated carbocycles. The van der Waals surface area contributed by atoms with Crippen molar-refractivity contribution in [1.82, 2.24) is 9.97 Å². The Morgan fingerprint density at radius 2 is 1.95 bits per heavy atom. The Labute approximate surface area is 117 Å². The van der Waals surface area contributed by atoms with Gasteiger partial charge in [0.2, 0.25) is 0 Å². The van der Waals surface area contributed by atoms with Gasteiger partial charge in [-0.05, 0) is 13.3 Å². The molecule has 0 aliphatic carbocycles. The van der Waals surface area contributed by atoms with Gasteiger partial charge in [0.15, 0.2) is 0 Å². The SMILES string of the molecule is CCCc1nc(NN)c(C)c(NCCS(=O)CC)n1. The summed E-state index contributed by atoms with van der Waals surface area (Å²) in [6.07, 6.45) is 1.79. The maximum atomic E-state index is 11.4. The first kappa shape index (κ1) is 15.8. The van der Waals surface area contributed by atoms with Gasteiger partial charge in [0.1, 0.15) is 17.5 Å². The van der Waals surface area contributed by atoms with E-state index in [1.165, 1.54) is 0 Å². The Bertz CT molecular complexity index is 438. The van der Waals surface area contributed by atoms with Gasteiger partial charge in [0.05, 0.1) is 0 Å². The average Bonchev–Trinajstić information content (AvgIpc) is 2.41. The second-order valence-electron chi connectivity index (χ2n) is 4.22. The van der Waals surface area contributed by atoms with Crippen LogP contribution in [0, 0.1) is 6.92 Å². The van der Waals surface area contributed by atoms with Crippen molar-refractivity contribution in [3.8, 4) is 0 Å². The van der Waals surface area contributed by atoms with Crippen molar-refractivity contribution in [2.24, 2.45) is 5.84 Å². The normalized spacial score (nSPS) is 12.2. The van der Waals surface area contributed by atoms with E-state index in [0.29, 0.717) is 23.9 Å². The third-order valence-corrected chi connectivity index (χ3v) is 4.05. The third-order valence-electron chi connectivity index (χ3n) is 2.75. The molecule has 0 aromatic carbocycles. The Hall–Kier alpha value is -1.21. The lowest BCUT2D eigenvalue weighted by atomic mass is 10.2. The summed E-state index contributed by atoms with van der Waals surface area (Å²) in [6, 6.07) is 0. The average molecular weight is 285 g/mol. The van der Waals surface area contributed by atoms with Crippen LogP contribution in [0.3, 0.4) is 0 Å². The molecule has 0 radical (unpaired) electrons. The first-order valence-corrected chi connectivity index (χ1v) is 8.04. The predicted molar refractivity (Wildman–Crippen MR) is 80.6 cm³/mol. The van der Waals surface area contributed by atoms with Crippen LogP contribution in [-0.4, -0.2) is 32.2 Å². The van der Waals surface area contributed by atoms with Crippen LogP contribution in [0.5, 0.6) is 0 Å². The van der Waals surface area contributed by atoms with Crippen LogP contribution in [0.15, 0.2) is 0 Å². The van der Waals surface area contributed by atoms with Gasteiger partial charge in [-0.2, -0.15) is 0 Å². The van der Waals surface area contributed by atoms with Crippen molar-refractivity contribution in [2.45, 2.75) is 33.6 Å². The number of aromatic nitrogens is 2. The van der Waals surface area contributed by atoms with Gasteiger partial charge in [-0.3, -0.25) is 4.21 Å². The van der Waals surface area contributed by atoms with Crippen LogP contribution in [0.4, 0.5) is 11.6 Å². The molecule has 0 saturated heterocycles. The van der Waals surface area contributed by atoms with Crippen molar-refractivity contribution < 1.29 is 4.21 Å². The molecule has 1 atom stereocenters. The molecule has 1 rings (SSSR count). The summed E-state index contributed by atoms with van der Waals surface area (Å²) in [5, 5.41) is 3.21. The summed E-state index contributed by atoms with van der Waals surface area (Å²) in [4.78, 5) is 8.83. The highest BCUT2D eigenvalue weighted by Crippen LogP contribution is 2.19. The van der Waals surface area contributed by atoms with Crippen LogP contribution >= 0.6 is 0 Å². The molecule has 1 unspecified atom stereocenters. The van der Waals surface area contributed by atoms with Crippen LogP contribution in [0.1, 0.15) is 31.7 Å². The number of hydrogen-bond acceptors (Lipinski definition) is 6. The predicted octanol–water partition coefficient (Wildman–Crippen LogP) is 1.20. The number of nitrogens with one attached hydrogen (secondary N) is 2. The lowest BCUT2D eigenvalue weighted by molar-refractivity contribution is 0.684. The lowest BCUT2D eigenvalue weighted by Crippen LogP contribution is -2.17. The number of rotatable bonds is 8. The molecule has 108 valence electrons. The molecule has 19 heavy (non-hydrogen) atoms. The van der Waals surface area contributed by atoms with Crippen LogP contribution < -0.4 is 16.6 Å². The summed E-state index contributed by atoms with van der Waals surface area (Å²) < 4.78 is 11.4. The van der Waals surface area contributed by atoms with E-state index in [0.717, 1.165) is 30.0 Å². The van der Waals surface area contributed by atoms with Crippen LogP contribution in [-0.2, 0) is 17.2 Å². The maximum Gasteiger partial charge on any atom is 0.148 e. The Morgan fingerprint density at radius 1 is 1.26 bits per heavy atom. The highest BCUT2D eigenvalue weighted by molar-refractivity contribution is 7.84. The minimum atomic E-state index is -0.769. The van der Waals surface area contributed by atoms with Gasteiger partial charge in [0.25, 0.3) is 0 Å². The highest BCUT2D eigenvalue weighted by atomic mass is 32.2. The van der Waals surface area contributed by atoms with E-state index in [-0.39, 0.29) is 0 Å². The molecule has 7 heteroatoms. The summed E-state index contributed by atoms with van der Waals surface area (Å²) in [6.45, 7) is 6.54. The van der Waals surface area contributed by atoms with E-state index < -0.39 is 10.8 Å². The minimum absolute atomic E-state index is 0.619. The van der Waals surface area contributed by atoms with Crippen molar-refractivity contribution in [3.05, 3.63) is 11.4 Å².